The molecule has 0 saturated carbocycles. The lowest BCUT2D eigenvalue weighted by Crippen LogP contribution is -1.95. The predicted octanol–water partition coefficient (Wildman–Crippen LogP) is 2.95. The summed E-state index contributed by atoms with van der Waals surface area (Å²) >= 11 is 0. The Balaban J connectivity index is 2.78. The highest BCUT2D eigenvalue weighted by molar-refractivity contribution is 5.20. The largest absolute Gasteiger partial charge is 0.207 e. The lowest BCUT2D eigenvalue weighted by molar-refractivity contribution is 0.489. The minimum atomic E-state index is -1.19. The molecule has 0 amide bonds. The van der Waals surface area contributed by atoms with E-state index in [-0.39, 0.29) is 18.4 Å². The van der Waals surface area contributed by atoms with E-state index in [4.69, 9.17) is 5.26 Å². The summed E-state index contributed by atoms with van der Waals surface area (Å²) in [4.78, 5) is 0. The summed E-state index contributed by atoms with van der Waals surface area (Å²) in [5, 5.41) is 8.23. The number of halogens is 3. The molecule has 4 heteroatoms. The quantitative estimate of drug-likeness (QED) is 0.542. The first-order valence-electron chi connectivity index (χ1n) is 4.15. The Labute approximate surface area is 79.8 Å². The highest BCUT2D eigenvalue weighted by atomic mass is 19.2. The third kappa shape index (κ3) is 2.49. The molecule has 14 heavy (non-hydrogen) atoms. The van der Waals surface area contributed by atoms with Gasteiger partial charge in [0.25, 0.3) is 0 Å². The van der Waals surface area contributed by atoms with Gasteiger partial charge in [0.1, 0.15) is 5.82 Å². The standard InChI is InChI=1S/C10H8F3N/c11-8-6-10(13)9(12)5-7(8)3-1-2-4-14/h5-6H,1-3H2. The Morgan fingerprint density at radius 3 is 2.36 bits per heavy atom. The number of nitriles is 1. The van der Waals surface area contributed by atoms with E-state index < -0.39 is 17.5 Å². The number of hydrogen-bond acceptors (Lipinski definition) is 1. The Kier molecular flexibility index (Phi) is 3.52. The van der Waals surface area contributed by atoms with Gasteiger partial charge in [0.15, 0.2) is 11.6 Å². The van der Waals surface area contributed by atoms with E-state index in [9.17, 15) is 13.2 Å². The number of hydrogen-bond donors (Lipinski definition) is 0. The molecule has 0 aliphatic heterocycles. The van der Waals surface area contributed by atoms with Crippen LogP contribution >= 0.6 is 0 Å². The van der Waals surface area contributed by atoms with Crippen LogP contribution in [0.5, 0.6) is 0 Å². The van der Waals surface area contributed by atoms with E-state index >= 15 is 0 Å². The van der Waals surface area contributed by atoms with E-state index in [1.54, 1.807) is 0 Å². The number of nitrogens with zero attached hydrogens (tertiary/aromatic N) is 1. The van der Waals surface area contributed by atoms with Crippen LogP contribution in [-0.2, 0) is 6.42 Å². The lowest BCUT2D eigenvalue weighted by Gasteiger charge is -2.02. The van der Waals surface area contributed by atoms with Gasteiger partial charge < -0.3 is 0 Å². The molecule has 74 valence electrons. The number of unbranched alkanes of at least 4 members (excludes halogenated alkanes) is 1. The van der Waals surface area contributed by atoms with Crippen molar-refractivity contribution >= 4 is 0 Å². The van der Waals surface area contributed by atoms with Crippen molar-refractivity contribution in [1.29, 1.82) is 5.26 Å². The SMILES string of the molecule is N#CCCCc1cc(F)c(F)cc1F. The molecule has 0 heterocycles. The summed E-state index contributed by atoms with van der Waals surface area (Å²) in [6, 6.07) is 3.25. The van der Waals surface area contributed by atoms with Gasteiger partial charge in [-0.2, -0.15) is 5.26 Å². The van der Waals surface area contributed by atoms with Crippen LogP contribution < -0.4 is 0 Å². The summed E-state index contributed by atoms with van der Waals surface area (Å²) in [6.45, 7) is 0. The monoisotopic (exact) mass is 199 g/mol. The summed E-state index contributed by atoms with van der Waals surface area (Å²) < 4.78 is 38.1. The normalized spacial score (nSPS) is 9.86. The van der Waals surface area contributed by atoms with Crippen molar-refractivity contribution < 1.29 is 13.2 Å². The summed E-state index contributed by atoms with van der Waals surface area (Å²) in [5.74, 6) is -3.01. The van der Waals surface area contributed by atoms with Crippen LogP contribution in [0.3, 0.4) is 0 Å². The average molecular weight is 199 g/mol. The van der Waals surface area contributed by atoms with Crippen LogP contribution in [0.2, 0.25) is 0 Å². The fourth-order valence-corrected chi connectivity index (χ4v) is 1.11. The van der Waals surface area contributed by atoms with Crippen LogP contribution in [0, 0.1) is 28.8 Å². The summed E-state index contributed by atoms with van der Waals surface area (Å²) in [7, 11) is 0. The molecule has 1 aromatic rings. The first-order valence-corrected chi connectivity index (χ1v) is 4.15. The van der Waals surface area contributed by atoms with E-state index in [0.29, 0.717) is 12.5 Å². The Morgan fingerprint density at radius 2 is 1.71 bits per heavy atom. The Hall–Kier alpha value is -1.50. The van der Waals surface area contributed by atoms with Crippen molar-refractivity contribution in [3.05, 3.63) is 35.1 Å². The molecule has 0 spiro atoms. The van der Waals surface area contributed by atoms with Gasteiger partial charge in [0.05, 0.1) is 6.07 Å². The van der Waals surface area contributed by atoms with E-state index in [1.807, 2.05) is 6.07 Å². The van der Waals surface area contributed by atoms with Gasteiger partial charge in [-0.05, 0) is 24.5 Å². The number of rotatable bonds is 3. The van der Waals surface area contributed by atoms with Gasteiger partial charge in [0, 0.05) is 12.5 Å². The number of aryl methyl sites for hydroxylation is 1. The molecule has 0 aromatic heterocycles. The molecular weight excluding hydrogens is 191 g/mol. The highest BCUT2D eigenvalue weighted by Crippen LogP contribution is 2.15. The third-order valence-corrected chi connectivity index (χ3v) is 1.82. The van der Waals surface area contributed by atoms with Crippen molar-refractivity contribution in [2.45, 2.75) is 19.3 Å². The van der Waals surface area contributed by atoms with Crippen molar-refractivity contribution in [2.75, 3.05) is 0 Å². The minimum absolute atomic E-state index is 0.110. The minimum Gasteiger partial charge on any atom is -0.207 e. The fraction of sp³-hybridized carbons (Fsp3) is 0.300. The molecule has 0 fully saturated rings. The fourth-order valence-electron chi connectivity index (χ4n) is 1.11. The third-order valence-electron chi connectivity index (χ3n) is 1.82. The summed E-state index contributed by atoms with van der Waals surface area (Å²) in [5.41, 5.74) is 0.110. The van der Waals surface area contributed by atoms with E-state index in [1.165, 1.54) is 0 Å². The molecule has 1 nitrogen and oxygen atoms in total. The van der Waals surface area contributed by atoms with Crippen LogP contribution in [0.1, 0.15) is 18.4 Å². The first-order chi connectivity index (χ1) is 6.65. The van der Waals surface area contributed by atoms with Gasteiger partial charge >= 0.3 is 0 Å². The molecule has 0 unspecified atom stereocenters. The molecule has 0 bridgehead atoms. The Morgan fingerprint density at radius 1 is 1.07 bits per heavy atom. The van der Waals surface area contributed by atoms with E-state index in [0.717, 1.165) is 6.07 Å². The highest BCUT2D eigenvalue weighted by Gasteiger charge is 2.08. The molecular formula is C10H8F3N. The van der Waals surface area contributed by atoms with Crippen LogP contribution in [0.15, 0.2) is 12.1 Å². The zero-order valence-electron chi connectivity index (χ0n) is 7.36. The second kappa shape index (κ2) is 4.66. The molecule has 0 atom stereocenters. The topological polar surface area (TPSA) is 23.8 Å². The molecule has 1 rings (SSSR count). The predicted molar refractivity (Wildman–Crippen MR) is 44.9 cm³/mol. The smallest absolute Gasteiger partial charge is 0.161 e. The zero-order chi connectivity index (χ0) is 10.6. The molecule has 0 radical (unpaired) electrons. The number of benzene rings is 1. The maximum atomic E-state index is 13.0. The zero-order valence-corrected chi connectivity index (χ0v) is 7.36. The maximum absolute atomic E-state index is 13.0. The Bertz CT molecular complexity index is 368. The van der Waals surface area contributed by atoms with E-state index in [2.05, 4.69) is 0 Å². The second-order valence-corrected chi connectivity index (χ2v) is 2.87. The van der Waals surface area contributed by atoms with Crippen LogP contribution in [0.4, 0.5) is 13.2 Å². The molecule has 0 N–H and O–H groups in total. The van der Waals surface area contributed by atoms with Gasteiger partial charge in [-0.3, -0.25) is 0 Å². The van der Waals surface area contributed by atoms with Crippen LogP contribution in [0.25, 0.3) is 0 Å². The van der Waals surface area contributed by atoms with Gasteiger partial charge in [-0.1, -0.05) is 0 Å². The molecule has 0 aliphatic carbocycles. The van der Waals surface area contributed by atoms with Crippen molar-refractivity contribution in [3.8, 4) is 6.07 Å². The molecule has 0 saturated heterocycles. The average Bonchev–Trinajstić information content (AvgIpc) is 2.14. The molecule has 0 aliphatic rings. The lowest BCUT2D eigenvalue weighted by atomic mass is 10.1. The van der Waals surface area contributed by atoms with Crippen molar-refractivity contribution in [3.63, 3.8) is 0 Å². The van der Waals surface area contributed by atoms with Gasteiger partial charge in [-0.15, -0.1) is 0 Å². The van der Waals surface area contributed by atoms with Crippen molar-refractivity contribution in [2.24, 2.45) is 0 Å². The summed E-state index contributed by atoms with van der Waals surface area (Å²) in [6.07, 6.45) is 0.966. The maximum Gasteiger partial charge on any atom is 0.161 e. The van der Waals surface area contributed by atoms with Crippen molar-refractivity contribution in [1.82, 2.24) is 0 Å². The first kappa shape index (κ1) is 10.6. The second-order valence-electron chi connectivity index (χ2n) is 2.87. The van der Waals surface area contributed by atoms with Crippen LogP contribution in [-0.4, -0.2) is 0 Å². The van der Waals surface area contributed by atoms with Gasteiger partial charge in [0.2, 0.25) is 0 Å². The van der Waals surface area contributed by atoms with Gasteiger partial charge in [-0.25, -0.2) is 13.2 Å². The molecule has 1 aromatic carbocycles.